The predicted octanol–water partition coefficient (Wildman–Crippen LogP) is 1.64. The van der Waals surface area contributed by atoms with Crippen molar-refractivity contribution < 1.29 is 9.53 Å². The number of carbonyl (C=O) groups is 1. The summed E-state index contributed by atoms with van der Waals surface area (Å²) in [6.45, 7) is 0.662. The maximum atomic E-state index is 11.7. The van der Waals surface area contributed by atoms with Crippen LogP contribution in [0.3, 0.4) is 0 Å². The SMILES string of the molecule is N=C1SCC(=O)N1c1cccc2c1OCC2. The molecular weight excluding hydrogens is 224 g/mol. The van der Waals surface area contributed by atoms with E-state index in [9.17, 15) is 4.79 Å². The zero-order valence-electron chi connectivity index (χ0n) is 8.53. The second-order valence-electron chi connectivity index (χ2n) is 3.69. The molecule has 1 fully saturated rings. The molecule has 3 rings (SSSR count). The van der Waals surface area contributed by atoms with E-state index >= 15 is 0 Å². The first-order valence-corrected chi connectivity index (χ1v) is 6.05. The minimum absolute atomic E-state index is 0.0427. The molecule has 0 saturated carbocycles. The van der Waals surface area contributed by atoms with E-state index in [4.69, 9.17) is 10.1 Å². The monoisotopic (exact) mass is 234 g/mol. The molecule has 1 N–H and O–H groups in total. The van der Waals surface area contributed by atoms with Crippen LogP contribution in [0.5, 0.6) is 5.75 Å². The van der Waals surface area contributed by atoms with E-state index in [1.807, 2.05) is 18.2 Å². The fourth-order valence-corrected chi connectivity index (χ4v) is 2.71. The van der Waals surface area contributed by atoms with Gasteiger partial charge in [-0.15, -0.1) is 0 Å². The second-order valence-corrected chi connectivity index (χ2v) is 4.65. The third-order valence-corrected chi connectivity index (χ3v) is 3.57. The lowest BCUT2D eigenvalue weighted by molar-refractivity contribution is -0.115. The van der Waals surface area contributed by atoms with Gasteiger partial charge >= 0.3 is 0 Å². The van der Waals surface area contributed by atoms with Gasteiger partial charge in [0.2, 0.25) is 5.91 Å². The lowest BCUT2D eigenvalue weighted by atomic mass is 10.1. The van der Waals surface area contributed by atoms with Gasteiger partial charge in [-0.3, -0.25) is 15.1 Å². The molecule has 0 radical (unpaired) electrons. The van der Waals surface area contributed by atoms with Crippen LogP contribution < -0.4 is 9.64 Å². The molecule has 2 aliphatic heterocycles. The molecule has 0 aromatic heterocycles. The fraction of sp³-hybridized carbons (Fsp3) is 0.273. The zero-order chi connectivity index (χ0) is 11.1. The zero-order valence-corrected chi connectivity index (χ0v) is 9.34. The number of rotatable bonds is 1. The molecule has 0 bridgehead atoms. The van der Waals surface area contributed by atoms with Crippen LogP contribution >= 0.6 is 11.8 Å². The Hall–Kier alpha value is -1.49. The lowest BCUT2D eigenvalue weighted by Crippen LogP contribution is -2.28. The number of amidine groups is 1. The molecule has 2 aliphatic rings. The number of fused-ring (bicyclic) bond motifs is 1. The maximum absolute atomic E-state index is 11.7. The smallest absolute Gasteiger partial charge is 0.243 e. The Kier molecular flexibility index (Phi) is 2.14. The minimum Gasteiger partial charge on any atom is -0.491 e. The van der Waals surface area contributed by atoms with E-state index in [0.717, 1.165) is 23.4 Å². The number of carbonyl (C=O) groups excluding carboxylic acids is 1. The highest BCUT2D eigenvalue weighted by Gasteiger charge is 2.32. The molecule has 1 aromatic rings. The van der Waals surface area contributed by atoms with Crippen molar-refractivity contribution in [2.75, 3.05) is 17.3 Å². The van der Waals surface area contributed by atoms with Crippen molar-refractivity contribution in [3.8, 4) is 5.75 Å². The molecule has 1 amide bonds. The molecule has 0 atom stereocenters. The van der Waals surface area contributed by atoms with Crippen molar-refractivity contribution in [3.05, 3.63) is 23.8 Å². The maximum Gasteiger partial charge on any atom is 0.243 e. The summed E-state index contributed by atoms with van der Waals surface area (Å²) < 4.78 is 5.54. The van der Waals surface area contributed by atoms with Gasteiger partial charge in [-0.05, 0) is 11.6 Å². The molecule has 0 spiro atoms. The van der Waals surface area contributed by atoms with Gasteiger partial charge in [-0.25, -0.2) is 0 Å². The first-order chi connectivity index (χ1) is 7.77. The first kappa shape index (κ1) is 9.72. The van der Waals surface area contributed by atoms with Crippen molar-refractivity contribution in [1.82, 2.24) is 0 Å². The normalized spacial score (nSPS) is 18.9. The van der Waals surface area contributed by atoms with Crippen molar-refractivity contribution in [1.29, 1.82) is 5.41 Å². The van der Waals surface area contributed by atoms with Crippen LogP contribution in [0.2, 0.25) is 0 Å². The largest absolute Gasteiger partial charge is 0.491 e. The van der Waals surface area contributed by atoms with E-state index < -0.39 is 0 Å². The van der Waals surface area contributed by atoms with Gasteiger partial charge < -0.3 is 4.74 Å². The number of hydrogen-bond acceptors (Lipinski definition) is 4. The number of amides is 1. The number of ether oxygens (including phenoxy) is 1. The third kappa shape index (κ3) is 1.31. The van der Waals surface area contributed by atoms with Crippen molar-refractivity contribution >= 4 is 28.5 Å². The van der Waals surface area contributed by atoms with E-state index in [-0.39, 0.29) is 11.1 Å². The minimum atomic E-state index is -0.0427. The first-order valence-electron chi connectivity index (χ1n) is 5.06. The van der Waals surface area contributed by atoms with Crippen molar-refractivity contribution in [2.45, 2.75) is 6.42 Å². The van der Waals surface area contributed by atoms with E-state index in [1.165, 1.54) is 16.7 Å². The molecule has 0 aliphatic carbocycles. The summed E-state index contributed by atoms with van der Waals surface area (Å²) in [5.41, 5.74) is 1.84. The highest BCUT2D eigenvalue weighted by Crippen LogP contribution is 2.38. The van der Waals surface area contributed by atoms with Crippen LogP contribution in [0.15, 0.2) is 18.2 Å². The van der Waals surface area contributed by atoms with Gasteiger partial charge in [0.1, 0.15) is 5.75 Å². The quantitative estimate of drug-likeness (QED) is 0.803. The number of nitrogens with one attached hydrogen (secondary N) is 1. The highest BCUT2D eigenvalue weighted by molar-refractivity contribution is 8.15. The topological polar surface area (TPSA) is 53.4 Å². The number of nitrogens with zero attached hydrogens (tertiary/aromatic N) is 1. The molecular formula is C11H10N2O2S. The molecule has 0 unspecified atom stereocenters. The summed E-state index contributed by atoms with van der Waals surface area (Å²) in [4.78, 5) is 13.1. The summed E-state index contributed by atoms with van der Waals surface area (Å²) in [5.74, 6) is 1.07. The number of hydrogen-bond donors (Lipinski definition) is 1. The molecule has 1 saturated heterocycles. The lowest BCUT2D eigenvalue weighted by Gasteiger charge is -2.17. The van der Waals surface area contributed by atoms with E-state index in [1.54, 1.807) is 0 Å². The number of para-hydroxylation sites is 1. The fourth-order valence-electron chi connectivity index (χ4n) is 1.99. The van der Waals surface area contributed by atoms with Crippen molar-refractivity contribution in [2.24, 2.45) is 0 Å². The summed E-state index contributed by atoms with van der Waals surface area (Å²) in [5, 5.41) is 8.03. The van der Waals surface area contributed by atoms with Gasteiger partial charge in [-0.2, -0.15) is 0 Å². The average Bonchev–Trinajstić information content (AvgIpc) is 2.86. The molecule has 4 nitrogen and oxygen atoms in total. The van der Waals surface area contributed by atoms with E-state index in [0.29, 0.717) is 12.4 Å². The Morgan fingerprint density at radius 2 is 2.31 bits per heavy atom. The Morgan fingerprint density at radius 3 is 3.06 bits per heavy atom. The Morgan fingerprint density at radius 1 is 1.44 bits per heavy atom. The summed E-state index contributed by atoms with van der Waals surface area (Å²) >= 11 is 1.26. The van der Waals surface area contributed by atoms with Crippen LogP contribution in [0.25, 0.3) is 0 Å². The third-order valence-electron chi connectivity index (χ3n) is 2.72. The Labute approximate surface area is 97.1 Å². The van der Waals surface area contributed by atoms with Gasteiger partial charge in [0.25, 0.3) is 0 Å². The van der Waals surface area contributed by atoms with Crippen LogP contribution in [0.4, 0.5) is 5.69 Å². The van der Waals surface area contributed by atoms with Gasteiger partial charge in [0, 0.05) is 6.42 Å². The van der Waals surface area contributed by atoms with E-state index in [2.05, 4.69) is 0 Å². The van der Waals surface area contributed by atoms with Crippen molar-refractivity contribution in [3.63, 3.8) is 0 Å². The van der Waals surface area contributed by atoms with Gasteiger partial charge in [-0.1, -0.05) is 23.9 Å². The number of benzene rings is 1. The predicted molar refractivity (Wildman–Crippen MR) is 63.3 cm³/mol. The standard InChI is InChI=1S/C11H10N2O2S/c12-11-13(9(14)6-16-11)8-3-1-2-7-4-5-15-10(7)8/h1-3,12H,4-6H2. The average molecular weight is 234 g/mol. The Balaban J connectivity index is 2.10. The second kappa shape index (κ2) is 3.52. The summed E-state index contributed by atoms with van der Waals surface area (Å²) in [6, 6.07) is 5.75. The van der Waals surface area contributed by atoms with Crippen LogP contribution in [-0.4, -0.2) is 23.4 Å². The van der Waals surface area contributed by atoms with Gasteiger partial charge in [0.05, 0.1) is 18.0 Å². The Bertz CT molecular complexity index is 471. The van der Waals surface area contributed by atoms with Crippen LogP contribution in [0.1, 0.15) is 5.56 Å². The highest BCUT2D eigenvalue weighted by atomic mass is 32.2. The van der Waals surface area contributed by atoms with Crippen LogP contribution in [0, 0.1) is 5.41 Å². The molecule has 1 aromatic carbocycles. The molecule has 82 valence electrons. The molecule has 5 heteroatoms. The molecule has 2 heterocycles. The summed E-state index contributed by atoms with van der Waals surface area (Å²) in [6.07, 6.45) is 0.881. The van der Waals surface area contributed by atoms with Gasteiger partial charge in [0.15, 0.2) is 5.17 Å². The van der Waals surface area contributed by atoms with Crippen LogP contribution in [-0.2, 0) is 11.2 Å². The number of thioether (sulfide) groups is 1. The molecule has 16 heavy (non-hydrogen) atoms. The summed E-state index contributed by atoms with van der Waals surface area (Å²) in [7, 11) is 0. The number of anilines is 1.